The van der Waals surface area contributed by atoms with E-state index in [9.17, 15) is 9.59 Å². The summed E-state index contributed by atoms with van der Waals surface area (Å²) in [5.41, 5.74) is 2.74. The van der Waals surface area contributed by atoms with Crippen molar-refractivity contribution < 1.29 is 24.2 Å². The summed E-state index contributed by atoms with van der Waals surface area (Å²) in [7, 11) is 1.80. The van der Waals surface area contributed by atoms with Crippen molar-refractivity contribution in [2.75, 3.05) is 26.2 Å². The van der Waals surface area contributed by atoms with Gasteiger partial charge in [0.1, 0.15) is 6.61 Å². The molecule has 31 heavy (non-hydrogen) atoms. The average molecular weight is 451 g/mol. The van der Waals surface area contributed by atoms with Gasteiger partial charge < -0.3 is 19.3 Å². The van der Waals surface area contributed by atoms with Gasteiger partial charge in [-0.2, -0.15) is 0 Å². The van der Waals surface area contributed by atoms with E-state index < -0.39 is 5.97 Å². The van der Waals surface area contributed by atoms with Crippen LogP contribution in [0.25, 0.3) is 0 Å². The maximum Gasteiger partial charge on any atom is 0.311 e. The lowest BCUT2D eigenvalue weighted by molar-refractivity contribution is -0.143. The van der Waals surface area contributed by atoms with Crippen molar-refractivity contribution in [3.63, 3.8) is 0 Å². The van der Waals surface area contributed by atoms with Crippen LogP contribution in [0, 0.1) is 6.92 Å². The van der Waals surface area contributed by atoms with Gasteiger partial charge in [-0.25, -0.2) is 0 Å². The Morgan fingerprint density at radius 2 is 1.68 bits per heavy atom. The second-order valence-electron chi connectivity index (χ2n) is 7.01. The number of carboxylic acid groups (broad SMARTS) is 1. The Bertz CT molecular complexity index is 882. The molecule has 0 unspecified atom stereocenters. The largest absolute Gasteiger partial charge is 0.481 e. The lowest BCUT2D eigenvalue weighted by atomic mass is 10.1. The number of nitrogens with zero attached hydrogens (tertiary/aromatic N) is 2. The van der Waals surface area contributed by atoms with Crippen LogP contribution in [0.1, 0.15) is 48.1 Å². The highest BCUT2D eigenvalue weighted by Gasteiger charge is 2.20. The van der Waals surface area contributed by atoms with Gasteiger partial charge in [0.05, 0.1) is 12.1 Å². The van der Waals surface area contributed by atoms with E-state index in [4.69, 9.17) is 26.2 Å². The van der Waals surface area contributed by atoms with Gasteiger partial charge in [0.25, 0.3) is 5.97 Å². The SMILES string of the molecule is CC(=O)O.CCN(CC)CCOC(=O)Cc1cc(C)c(C(=O)c2ccc(Cl)cc2)n1C. The number of aromatic nitrogens is 1. The number of likely N-dealkylation sites (N-methyl/N-ethyl adjacent to an activating group) is 1. The first kappa shape index (κ1) is 26.4. The molecule has 0 fully saturated rings. The first-order chi connectivity index (χ1) is 14.6. The highest BCUT2D eigenvalue weighted by atomic mass is 35.5. The molecule has 0 aliphatic heterocycles. The highest BCUT2D eigenvalue weighted by Crippen LogP contribution is 2.20. The lowest BCUT2D eigenvalue weighted by Crippen LogP contribution is -2.28. The van der Waals surface area contributed by atoms with Crippen LogP contribution in [0.15, 0.2) is 30.3 Å². The molecule has 0 atom stereocenters. The Hall–Kier alpha value is -2.64. The number of carbonyl (C=O) groups is 3. The van der Waals surface area contributed by atoms with Crippen molar-refractivity contribution >= 4 is 29.3 Å². The number of rotatable bonds is 9. The number of carbonyl (C=O) groups excluding carboxylic acids is 2. The van der Waals surface area contributed by atoms with Crippen molar-refractivity contribution in [1.29, 1.82) is 0 Å². The third-order valence-corrected chi connectivity index (χ3v) is 4.99. The number of ether oxygens (including phenoxy) is 1. The molecule has 2 aromatic rings. The molecule has 0 bridgehead atoms. The predicted octanol–water partition coefficient (Wildman–Crippen LogP) is 3.74. The molecule has 0 aliphatic carbocycles. The van der Waals surface area contributed by atoms with Gasteiger partial charge in [-0.1, -0.05) is 25.4 Å². The topological polar surface area (TPSA) is 88.8 Å². The molecule has 0 radical (unpaired) electrons. The summed E-state index contributed by atoms with van der Waals surface area (Å²) in [5, 5.41) is 8.00. The number of aliphatic carboxylic acids is 1. The molecule has 2 rings (SSSR count). The molecule has 170 valence electrons. The normalized spacial score (nSPS) is 10.4. The number of benzene rings is 1. The van der Waals surface area contributed by atoms with Gasteiger partial charge in [0.15, 0.2) is 0 Å². The summed E-state index contributed by atoms with van der Waals surface area (Å²) in [5.74, 6) is -1.21. The smallest absolute Gasteiger partial charge is 0.311 e. The Labute approximate surface area is 188 Å². The first-order valence-corrected chi connectivity index (χ1v) is 10.5. The van der Waals surface area contributed by atoms with Gasteiger partial charge in [0.2, 0.25) is 5.78 Å². The van der Waals surface area contributed by atoms with Crippen LogP contribution < -0.4 is 0 Å². The quantitative estimate of drug-likeness (QED) is 0.462. The predicted molar refractivity (Wildman–Crippen MR) is 121 cm³/mol. The molecule has 0 aliphatic rings. The maximum atomic E-state index is 12.8. The molecule has 1 N–H and O–H groups in total. The minimum absolute atomic E-state index is 0.0900. The molecule has 7 nitrogen and oxygen atoms in total. The van der Waals surface area contributed by atoms with Crippen molar-refractivity contribution in [3.05, 3.63) is 57.9 Å². The number of hydrogen-bond acceptors (Lipinski definition) is 5. The van der Waals surface area contributed by atoms with E-state index in [1.165, 1.54) is 0 Å². The summed E-state index contributed by atoms with van der Waals surface area (Å²) in [6.45, 7) is 10.1. The fourth-order valence-electron chi connectivity index (χ4n) is 3.09. The zero-order valence-electron chi connectivity index (χ0n) is 18.8. The zero-order chi connectivity index (χ0) is 23.6. The van der Waals surface area contributed by atoms with E-state index in [2.05, 4.69) is 18.7 Å². The zero-order valence-corrected chi connectivity index (χ0v) is 19.5. The van der Waals surface area contributed by atoms with Crippen LogP contribution in [-0.4, -0.2) is 58.5 Å². The van der Waals surface area contributed by atoms with E-state index in [0.717, 1.165) is 37.8 Å². The molecule has 0 saturated heterocycles. The fraction of sp³-hybridized carbons (Fsp3) is 0.435. The fourth-order valence-corrected chi connectivity index (χ4v) is 3.22. The second-order valence-corrected chi connectivity index (χ2v) is 7.44. The number of carboxylic acids is 1. The van der Waals surface area contributed by atoms with Crippen LogP contribution in [-0.2, 0) is 27.8 Å². The van der Waals surface area contributed by atoms with Crippen molar-refractivity contribution in [1.82, 2.24) is 9.47 Å². The molecule has 0 spiro atoms. The molecule has 0 saturated carbocycles. The monoisotopic (exact) mass is 450 g/mol. The summed E-state index contributed by atoms with van der Waals surface area (Å²) in [4.78, 5) is 36.2. The van der Waals surface area contributed by atoms with Crippen LogP contribution in [0.5, 0.6) is 0 Å². The Morgan fingerprint density at radius 3 is 2.19 bits per heavy atom. The Kier molecular flexibility index (Phi) is 11.0. The summed E-state index contributed by atoms with van der Waals surface area (Å²) in [6, 6.07) is 8.67. The number of halogens is 1. The van der Waals surface area contributed by atoms with Crippen LogP contribution >= 0.6 is 11.6 Å². The van der Waals surface area contributed by atoms with Gasteiger partial charge in [-0.05, 0) is 55.9 Å². The third kappa shape index (κ3) is 8.55. The molecular weight excluding hydrogens is 420 g/mol. The van der Waals surface area contributed by atoms with Gasteiger partial charge >= 0.3 is 5.97 Å². The molecule has 0 amide bonds. The van der Waals surface area contributed by atoms with E-state index in [1.807, 2.05) is 13.0 Å². The maximum absolute atomic E-state index is 12.8. The molecule has 8 heteroatoms. The van der Waals surface area contributed by atoms with Crippen LogP contribution in [0.3, 0.4) is 0 Å². The first-order valence-electron chi connectivity index (χ1n) is 10.1. The van der Waals surface area contributed by atoms with Crippen LogP contribution in [0.4, 0.5) is 0 Å². The van der Waals surface area contributed by atoms with Crippen molar-refractivity contribution in [2.24, 2.45) is 7.05 Å². The highest BCUT2D eigenvalue weighted by molar-refractivity contribution is 6.30. The van der Waals surface area contributed by atoms with Gasteiger partial charge in [-0.15, -0.1) is 0 Å². The van der Waals surface area contributed by atoms with Crippen LogP contribution in [0.2, 0.25) is 5.02 Å². The average Bonchev–Trinajstić information content (AvgIpc) is 2.98. The summed E-state index contributed by atoms with van der Waals surface area (Å²) >= 11 is 5.90. The van der Waals surface area contributed by atoms with Gasteiger partial charge in [0, 0.05) is 36.8 Å². The minimum Gasteiger partial charge on any atom is -0.481 e. The van der Waals surface area contributed by atoms with Gasteiger partial charge in [-0.3, -0.25) is 14.4 Å². The number of esters is 1. The minimum atomic E-state index is -0.833. The third-order valence-electron chi connectivity index (χ3n) is 4.73. The summed E-state index contributed by atoms with van der Waals surface area (Å²) < 4.78 is 7.12. The molecule has 1 heterocycles. The molecule has 1 aromatic carbocycles. The van der Waals surface area contributed by atoms with E-state index in [-0.39, 0.29) is 18.2 Å². The standard InChI is InChI=1S/C21H27ClN2O3.C2H4O2/c1-5-24(6-2)11-12-27-19(25)14-18-13-15(3)20(23(18)4)21(26)16-7-9-17(22)10-8-16;1-2(3)4/h7-10,13H,5-6,11-12,14H2,1-4H3;1H3,(H,3,4). The lowest BCUT2D eigenvalue weighted by Gasteiger charge is -2.17. The number of aryl methyl sites for hydroxylation is 1. The molecular formula is C23H31ClN2O5. The summed E-state index contributed by atoms with van der Waals surface area (Å²) in [6.07, 6.45) is 0.142. The van der Waals surface area contributed by atoms with Crippen molar-refractivity contribution in [2.45, 2.75) is 34.1 Å². The Balaban J connectivity index is 0.00000110. The second kappa shape index (κ2) is 12.9. The van der Waals surface area contributed by atoms with E-state index >= 15 is 0 Å². The van der Waals surface area contributed by atoms with E-state index in [1.54, 1.807) is 35.9 Å². The number of hydrogen-bond donors (Lipinski definition) is 1. The van der Waals surface area contributed by atoms with E-state index in [0.29, 0.717) is 22.9 Å². The van der Waals surface area contributed by atoms with Crippen molar-refractivity contribution in [3.8, 4) is 0 Å². The number of ketones is 1. The Morgan fingerprint density at radius 1 is 1.13 bits per heavy atom. The molecule has 1 aromatic heterocycles.